The van der Waals surface area contributed by atoms with Crippen LogP contribution < -0.4 is 16.6 Å². The molecule has 2 aromatic rings. The highest BCUT2D eigenvalue weighted by molar-refractivity contribution is 5.68. The van der Waals surface area contributed by atoms with E-state index in [1.807, 2.05) is 0 Å². The zero-order chi connectivity index (χ0) is 10.1. The van der Waals surface area contributed by atoms with Crippen molar-refractivity contribution in [3.05, 3.63) is 23.0 Å². The molecule has 4 N–H and O–H groups in total. The molecule has 14 heavy (non-hydrogen) atoms. The van der Waals surface area contributed by atoms with E-state index in [1.165, 1.54) is 12.7 Å². The average molecular weight is 194 g/mol. The number of nitrogens with zero attached hydrogens (tertiary/aromatic N) is 3. The first-order chi connectivity index (χ1) is 6.74. The predicted molar refractivity (Wildman–Crippen MR) is 50.4 cm³/mol. The number of aromatic nitrogens is 4. The lowest BCUT2D eigenvalue weighted by Gasteiger charge is -2.11. The van der Waals surface area contributed by atoms with E-state index in [-0.39, 0.29) is 5.56 Å². The molecule has 0 radical (unpaired) electrons. The summed E-state index contributed by atoms with van der Waals surface area (Å²) in [6.07, 6.45) is 2.37. The van der Waals surface area contributed by atoms with Gasteiger partial charge in [0.1, 0.15) is 6.29 Å². The molecule has 2 rings (SSSR count). The molecule has 0 bridgehead atoms. The minimum atomic E-state index is -0.436. The number of hydrogen-bond acceptors (Lipinski definition) is 5. The maximum Gasteiger partial charge on any atom is 0.278 e. The van der Waals surface area contributed by atoms with Crippen LogP contribution in [0.1, 0.15) is 6.29 Å². The Kier molecular flexibility index (Phi) is 2.02. The number of nitrogens with two attached hydrogens (primary N) is 1. The fourth-order valence-electron chi connectivity index (χ4n) is 1.21. The Morgan fingerprint density at radius 3 is 3.14 bits per heavy atom. The molecule has 0 aliphatic carbocycles. The van der Waals surface area contributed by atoms with Crippen molar-refractivity contribution in [3.8, 4) is 0 Å². The second-order valence-corrected chi connectivity index (χ2v) is 2.79. The summed E-state index contributed by atoms with van der Waals surface area (Å²) in [5, 5.41) is 2.83. The van der Waals surface area contributed by atoms with Crippen LogP contribution in [0, 0.1) is 0 Å². The third-order valence-corrected chi connectivity index (χ3v) is 1.96. The first-order valence-electron chi connectivity index (χ1n) is 4.07. The van der Waals surface area contributed by atoms with E-state index in [4.69, 9.17) is 5.73 Å². The molecule has 74 valence electrons. The lowest BCUT2D eigenvalue weighted by Crippen LogP contribution is -2.30. The molecule has 1 unspecified atom stereocenters. The summed E-state index contributed by atoms with van der Waals surface area (Å²) in [6.45, 7) is 0. The van der Waals surface area contributed by atoms with Crippen LogP contribution in [0.2, 0.25) is 0 Å². The minimum Gasteiger partial charge on any atom is -0.311 e. The van der Waals surface area contributed by atoms with Crippen molar-refractivity contribution >= 4 is 11.2 Å². The van der Waals surface area contributed by atoms with Crippen molar-refractivity contribution in [1.82, 2.24) is 24.8 Å². The highest BCUT2D eigenvalue weighted by atomic mass is 16.1. The van der Waals surface area contributed by atoms with Crippen LogP contribution in [0.4, 0.5) is 0 Å². The molecule has 0 saturated heterocycles. The number of fused-ring (bicyclic) bond motifs is 1. The van der Waals surface area contributed by atoms with Crippen molar-refractivity contribution in [3.63, 3.8) is 0 Å². The fourth-order valence-corrected chi connectivity index (χ4v) is 1.21. The summed E-state index contributed by atoms with van der Waals surface area (Å²) in [4.78, 5) is 21.6. The van der Waals surface area contributed by atoms with Crippen molar-refractivity contribution in [2.45, 2.75) is 6.29 Å². The smallest absolute Gasteiger partial charge is 0.278 e. The summed E-state index contributed by atoms with van der Waals surface area (Å²) in [5.74, 6) is 0. The summed E-state index contributed by atoms with van der Waals surface area (Å²) >= 11 is 0. The van der Waals surface area contributed by atoms with Gasteiger partial charge in [0, 0.05) is 0 Å². The zero-order valence-electron chi connectivity index (χ0n) is 7.56. The Morgan fingerprint density at radius 2 is 2.43 bits per heavy atom. The molecule has 0 fully saturated rings. The van der Waals surface area contributed by atoms with Gasteiger partial charge in [-0.2, -0.15) is 0 Å². The van der Waals surface area contributed by atoms with Crippen LogP contribution in [0.25, 0.3) is 11.2 Å². The quantitative estimate of drug-likeness (QED) is 0.519. The van der Waals surface area contributed by atoms with Crippen LogP contribution in [-0.2, 0) is 0 Å². The van der Waals surface area contributed by atoms with E-state index < -0.39 is 6.29 Å². The normalized spacial score (nSPS) is 13.3. The van der Waals surface area contributed by atoms with Crippen LogP contribution in [0.15, 0.2) is 17.4 Å². The Balaban J connectivity index is 2.70. The number of imidazole rings is 1. The van der Waals surface area contributed by atoms with Gasteiger partial charge in [-0.25, -0.2) is 9.97 Å². The summed E-state index contributed by atoms with van der Waals surface area (Å²) in [6, 6.07) is 0. The molecule has 2 heterocycles. The summed E-state index contributed by atoms with van der Waals surface area (Å²) in [7, 11) is 1.71. The molecule has 0 spiro atoms. The summed E-state index contributed by atoms with van der Waals surface area (Å²) < 4.78 is 1.59. The van der Waals surface area contributed by atoms with Crippen LogP contribution in [0.3, 0.4) is 0 Å². The molecule has 2 aromatic heterocycles. The summed E-state index contributed by atoms with van der Waals surface area (Å²) in [5.41, 5.74) is 6.21. The number of aromatic amines is 1. The van der Waals surface area contributed by atoms with E-state index in [0.717, 1.165) is 0 Å². The predicted octanol–water partition coefficient (Wildman–Crippen LogP) is -1.25. The van der Waals surface area contributed by atoms with Gasteiger partial charge in [-0.3, -0.25) is 20.4 Å². The van der Waals surface area contributed by atoms with E-state index in [9.17, 15) is 4.79 Å². The van der Waals surface area contributed by atoms with E-state index >= 15 is 0 Å². The SMILES string of the molecule is CNC(N)n1cnc2c(=O)[nH]cnc21. The van der Waals surface area contributed by atoms with Gasteiger partial charge in [0.15, 0.2) is 11.2 Å². The average Bonchev–Trinajstić information content (AvgIpc) is 2.62. The third-order valence-electron chi connectivity index (χ3n) is 1.96. The molecule has 0 aliphatic heterocycles. The van der Waals surface area contributed by atoms with Crippen LogP contribution in [0.5, 0.6) is 0 Å². The molecular formula is C7H10N6O. The topological polar surface area (TPSA) is 102 Å². The monoisotopic (exact) mass is 194 g/mol. The Hall–Kier alpha value is -1.73. The maximum absolute atomic E-state index is 11.3. The second-order valence-electron chi connectivity index (χ2n) is 2.79. The number of rotatable bonds is 2. The largest absolute Gasteiger partial charge is 0.311 e. The first-order valence-corrected chi connectivity index (χ1v) is 4.07. The first kappa shape index (κ1) is 8.85. The van der Waals surface area contributed by atoms with Gasteiger partial charge in [-0.05, 0) is 7.05 Å². The maximum atomic E-state index is 11.3. The van der Waals surface area contributed by atoms with Gasteiger partial charge in [-0.1, -0.05) is 0 Å². The van der Waals surface area contributed by atoms with Gasteiger partial charge in [0.2, 0.25) is 0 Å². The molecule has 7 heteroatoms. The van der Waals surface area contributed by atoms with Crippen LogP contribution >= 0.6 is 0 Å². The van der Waals surface area contributed by atoms with Gasteiger partial charge >= 0.3 is 0 Å². The van der Waals surface area contributed by atoms with E-state index in [1.54, 1.807) is 11.6 Å². The third kappa shape index (κ3) is 1.19. The van der Waals surface area contributed by atoms with E-state index in [0.29, 0.717) is 11.2 Å². The molecule has 1 atom stereocenters. The van der Waals surface area contributed by atoms with Gasteiger partial charge < -0.3 is 4.98 Å². The molecule has 0 amide bonds. The minimum absolute atomic E-state index is 0.267. The van der Waals surface area contributed by atoms with Gasteiger partial charge in [0.05, 0.1) is 12.7 Å². The number of nitrogens with one attached hydrogen (secondary N) is 2. The number of hydrogen-bond donors (Lipinski definition) is 3. The van der Waals surface area contributed by atoms with Crippen LogP contribution in [-0.4, -0.2) is 26.6 Å². The van der Waals surface area contributed by atoms with Gasteiger partial charge in [0.25, 0.3) is 5.56 Å². The van der Waals surface area contributed by atoms with E-state index in [2.05, 4.69) is 20.3 Å². The standard InChI is InChI=1S/C7H10N6O/c1-9-7(8)13-3-12-4-5(13)10-2-11-6(4)14/h2-3,7,9H,8H2,1H3,(H,10,11,14). The Labute approximate surface area is 79.0 Å². The van der Waals surface area contributed by atoms with Gasteiger partial charge in [-0.15, -0.1) is 0 Å². The highest BCUT2D eigenvalue weighted by Gasteiger charge is 2.10. The Bertz CT molecular complexity index is 500. The fraction of sp³-hybridized carbons (Fsp3) is 0.286. The van der Waals surface area contributed by atoms with Crippen molar-refractivity contribution < 1.29 is 0 Å². The molecule has 0 saturated carbocycles. The highest BCUT2D eigenvalue weighted by Crippen LogP contribution is 2.05. The molecule has 0 aliphatic rings. The zero-order valence-corrected chi connectivity index (χ0v) is 7.56. The molecular weight excluding hydrogens is 184 g/mol. The second kappa shape index (κ2) is 3.20. The van der Waals surface area contributed by atoms with Crippen molar-refractivity contribution in [1.29, 1.82) is 0 Å². The van der Waals surface area contributed by atoms with Crippen molar-refractivity contribution in [2.75, 3.05) is 7.05 Å². The Morgan fingerprint density at radius 1 is 1.64 bits per heavy atom. The lowest BCUT2D eigenvalue weighted by molar-refractivity contribution is 0.462. The molecule has 7 nitrogen and oxygen atoms in total. The molecule has 0 aromatic carbocycles. The number of H-pyrrole nitrogens is 1. The lowest BCUT2D eigenvalue weighted by atomic mass is 10.5. The van der Waals surface area contributed by atoms with Crippen molar-refractivity contribution in [2.24, 2.45) is 5.73 Å².